The average molecular weight is 729 g/mol. The number of carbonyl (C=O) groups excluding carboxylic acids is 2. The molecule has 0 fully saturated rings. The summed E-state index contributed by atoms with van der Waals surface area (Å²) in [6, 6.07) is 4.09. The van der Waals surface area contributed by atoms with Gasteiger partial charge in [0.05, 0.1) is 0 Å². The summed E-state index contributed by atoms with van der Waals surface area (Å²) in [5.74, 6) is -1.27. The summed E-state index contributed by atoms with van der Waals surface area (Å²) in [5.41, 5.74) is 0.0680. The molecule has 0 aliphatic rings. The van der Waals surface area contributed by atoms with Crippen LogP contribution in [0.5, 0.6) is 0 Å². The van der Waals surface area contributed by atoms with E-state index >= 15 is 0 Å². The minimum absolute atomic E-state index is 0.0340. The van der Waals surface area contributed by atoms with Crippen molar-refractivity contribution >= 4 is 28.9 Å². The second kappa shape index (κ2) is 25.5. The van der Waals surface area contributed by atoms with E-state index in [0.29, 0.717) is 0 Å². The standard InChI is InChI=1S/C40H73O7PS/c1-7-13-19-21-23-25-27-45-39(41)36-33-37(40(42)46-28-26-24-22-20-14-8-2)35-38(34-36)49(43,44)47-48(29-15-9-3,30-16-10-4,31-17-11-5)32-18-12-6/h33-35H,7-32H2,1-6H3. The van der Waals surface area contributed by atoms with Gasteiger partial charge >= 0.3 is 263 Å². The van der Waals surface area contributed by atoms with E-state index in [1.165, 1.54) is 43.9 Å². The van der Waals surface area contributed by atoms with Gasteiger partial charge < -0.3 is 0 Å². The van der Waals surface area contributed by atoms with Crippen LogP contribution in [0.1, 0.15) is 191 Å². The fourth-order valence-electron chi connectivity index (χ4n) is 6.61. The molecule has 0 radical (unpaired) electrons. The Bertz CT molecular complexity index is 1080. The van der Waals surface area contributed by atoms with Crippen molar-refractivity contribution in [1.29, 1.82) is 0 Å². The predicted octanol–water partition coefficient (Wildman–Crippen LogP) is 12.1. The molecule has 9 heteroatoms. The van der Waals surface area contributed by atoms with Crippen molar-refractivity contribution in [3.63, 3.8) is 0 Å². The van der Waals surface area contributed by atoms with Gasteiger partial charge in [0.1, 0.15) is 0 Å². The van der Waals surface area contributed by atoms with Gasteiger partial charge in [-0.25, -0.2) is 0 Å². The van der Waals surface area contributed by atoms with Crippen LogP contribution >= 0.6 is 6.83 Å². The zero-order valence-electron chi connectivity index (χ0n) is 32.3. The Kier molecular flexibility index (Phi) is 23.6. The van der Waals surface area contributed by atoms with Crippen molar-refractivity contribution in [3.8, 4) is 0 Å². The monoisotopic (exact) mass is 728 g/mol. The van der Waals surface area contributed by atoms with Crippen LogP contribution in [0.25, 0.3) is 0 Å². The topological polar surface area (TPSA) is 96.0 Å². The van der Waals surface area contributed by atoms with Crippen LogP contribution in [0.15, 0.2) is 23.1 Å². The van der Waals surface area contributed by atoms with E-state index < -0.39 is 28.9 Å². The molecule has 0 saturated carbocycles. The maximum absolute atomic E-state index is 14.5. The van der Waals surface area contributed by atoms with E-state index in [9.17, 15) is 18.0 Å². The van der Waals surface area contributed by atoms with Gasteiger partial charge in [-0.05, 0) is 0 Å². The Morgan fingerprint density at radius 1 is 0.490 bits per heavy atom. The molecule has 0 atom stereocenters. The van der Waals surface area contributed by atoms with Crippen LogP contribution in [-0.4, -0.2) is 58.2 Å². The van der Waals surface area contributed by atoms with Gasteiger partial charge in [0.2, 0.25) is 0 Å². The summed E-state index contributed by atoms with van der Waals surface area (Å²) in [6.07, 6.45) is 23.2. The van der Waals surface area contributed by atoms with Gasteiger partial charge in [-0.2, -0.15) is 0 Å². The molecule has 0 aliphatic heterocycles. The number of unbranched alkanes of at least 4 members (excludes halogenated alkanes) is 14. The molecule has 7 nitrogen and oxygen atoms in total. The SMILES string of the molecule is CCCCCCCCOC(=O)c1cc(C(=O)OCCCCCCCC)cc(S(=O)(=O)OP(CCCC)(CCCC)(CCCC)CCCC)c1. The molecule has 0 aromatic heterocycles. The number of ether oxygens (including phenoxy) is 2. The number of esters is 2. The molecule has 49 heavy (non-hydrogen) atoms. The van der Waals surface area contributed by atoms with Crippen LogP contribution in [-0.2, 0) is 23.6 Å². The normalized spacial score (nSPS) is 12.8. The van der Waals surface area contributed by atoms with Crippen molar-refractivity contribution in [2.75, 3.05) is 37.9 Å². The predicted molar refractivity (Wildman–Crippen MR) is 208 cm³/mol. The van der Waals surface area contributed by atoms with E-state index in [-0.39, 0.29) is 29.2 Å². The van der Waals surface area contributed by atoms with E-state index in [2.05, 4.69) is 41.5 Å². The van der Waals surface area contributed by atoms with Crippen LogP contribution in [0, 0.1) is 0 Å². The summed E-state index contributed by atoms with van der Waals surface area (Å²) in [4.78, 5) is 26.5. The quantitative estimate of drug-likeness (QED) is 0.0426. The number of hydrogen-bond donors (Lipinski definition) is 0. The molecular weight excluding hydrogens is 655 g/mol. The molecule has 1 aromatic rings. The number of carbonyl (C=O) groups is 2. The number of rotatable bonds is 31. The molecule has 0 spiro atoms. The van der Waals surface area contributed by atoms with Crippen molar-refractivity contribution in [3.05, 3.63) is 29.3 Å². The second-order valence-electron chi connectivity index (χ2n) is 14.2. The van der Waals surface area contributed by atoms with Gasteiger partial charge in [-0.1, -0.05) is 39.5 Å². The first-order valence-electron chi connectivity index (χ1n) is 20.0. The van der Waals surface area contributed by atoms with E-state index in [4.69, 9.17) is 13.4 Å². The van der Waals surface area contributed by atoms with E-state index in [1.807, 2.05) is 0 Å². The third kappa shape index (κ3) is 17.0. The Balaban J connectivity index is 3.51. The molecule has 286 valence electrons. The fraction of sp³-hybridized carbons (Fsp3) is 0.800. The molecule has 0 unspecified atom stereocenters. The van der Waals surface area contributed by atoms with Crippen LogP contribution < -0.4 is 0 Å². The van der Waals surface area contributed by atoms with Crippen LogP contribution in [0.3, 0.4) is 0 Å². The third-order valence-electron chi connectivity index (χ3n) is 9.75. The molecule has 0 N–H and O–H groups in total. The van der Waals surface area contributed by atoms with Crippen molar-refractivity contribution in [2.24, 2.45) is 0 Å². The summed E-state index contributed by atoms with van der Waals surface area (Å²) in [5, 5.41) is 0. The zero-order valence-corrected chi connectivity index (χ0v) is 34.0. The first-order chi connectivity index (χ1) is 23.6. The molecule has 0 bridgehead atoms. The molecule has 0 heterocycles. The van der Waals surface area contributed by atoms with Gasteiger partial charge in [0.25, 0.3) is 0 Å². The molecule has 0 aliphatic carbocycles. The van der Waals surface area contributed by atoms with Gasteiger partial charge in [0.15, 0.2) is 0 Å². The van der Waals surface area contributed by atoms with Gasteiger partial charge in [-0.15, -0.1) is 0 Å². The Hall–Kier alpha value is -1.50. The van der Waals surface area contributed by atoms with Crippen LogP contribution in [0.2, 0.25) is 0 Å². The van der Waals surface area contributed by atoms with E-state index in [0.717, 1.165) is 127 Å². The molecule has 0 saturated heterocycles. The van der Waals surface area contributed by atoms with Crippen molar-refractivity contribution in [2.45, 2.75) is 175 Å². The fourth-order valence-corrected chi connectivity index (χ4v) is 16.7. The Morgan fingerprint density at radius 2 is 0.816 bits per heavy atom. The van der Waals surface area contributed by atoms with Crippen molar-refractivity contribution in [1.82, 2.24) is 0 Å². The molecular formula is C40H73O7PS. The molecule has 1 rings (SSSR count). The minimum atomic E-state index is -4.34. The zero-order chi connectivity index (χ0) is 36.5. The summed E-state index contributed by atoms with van der Waals surface area (Å²) in [6.45, 7) is 10.2. The van der Waals surface area contributed by atoms with Gasteiger partial charge in [0, 0.05) is 0 Å². The first-order valence-corrected chi connectivity index (χ1v) is 24.3. The second-order valence-corrected chi connectivity index (χ2v) is 21.7. The summed E-state index contributed by atoms with van der Waals surface area (Å²) in [7, 11) is -4.34. The third-order valence-corrected chi connectivity index (χ3v) is 18.8. The Labute approximate surface area is 301 Å². The molecule has 1 aromatic carbocycles. The van der Waals surface area contributed by atoms with Gasteiger partial charge in [-0.3, -0.25) is 0 Å². The van der Waals surface area contributed by atoms with E-state index in [1.54, 1.807) is 0 Å². The van der Waals surface area contributed by atoms with Crippen molar-refractivity contribution < 1.29 is 31.5 Å². The summed E-state index contributed by atoms with van der Waals surface area (Å²) >= 11 is 0. The molecule has 0 amide bonds. The number of hydrogen-bond acceptors (Lipinski definition) is 7. The van der Waals surface area contributed by atoms with Crippen LogP contribution in [0.4, 0.5) is 0 Å². The first kappa shape index (κ1) is 45.5. The summed E-state index contributed by atoms with van der Waals surface area (Å²) < 4.78 is 47.0. The average Bonchev–Trinajstić information content (AvgIpc) is 3.10. The Morgan fingerprint density at radius 3 is 1.16 bits per heavy atom. The number of benzene rings is 1. The maximum atomic E-state index is 14.5.